The monoisotopic (exact) mass is 514 g/mol. The molecule has 0 N–H and O–H groups in total. The van der Waals surface area contributed by atoms with Crippen LogP contribution in [0.4, 0.5) is 13.2 Å². The Morgan fingerprint density at radius 2 is 1.84 bits per heavy atom. The Morgan fingerprint density at radius 1 is 1.03 bits per heavy atom. The third kappa shape index (κ3) is 9.47. The smallest absolute Gasteiger partial charge is 0.391 e. The van der Waals surface area contributed by atoms with Gasteiger partial charge in [0.05, 0.1) is 25.2 Å². The largest absolute Gasteiger partial charge is 0.438 e. The zero-order valence-electron chi connectivity index (χ0n) is 19.9. The van der Waals surface area contributed by atoms with Crippen molar-refractivity contribution < 1.29 is 35.3 Å². The van der Waals surface area contributed by atoms with Gasteiger partial charge < -0.3 is 22.1 Å². The molecule has 0 aromatic heterocycles. The molecule has 3 aliphatic rings. The molecule has 1 aliphatic carbocycles. The van der Waals surface area contributed by atoms with Crippen molar-refractivity contribution in [3.05, 3.63) is 0 Å². The van der Waals surface area contributed by atoms with E-state index in [9.17, 15) is 13.2 Å². The van der Waals surface area contributed by atoms with Gasteiger partial charge in [0.1, 0.15) is 0 Å². The van der Waals surface area contributed by atoms with Gasteiger partial charge in [-0.25, -0.2) is 0 Å². The maximum absolute atomic E-state index is 12.2. The fraction of sp³-hybridized carbons (Fsp3) is 1.00. The van der Waals surface area contributed by atoms with Gasteiger partial charge in [-0.3, -0.25) is 0 Å². The molecular weight excluding hydrogens is 473 g/mol. The van der Waals surface area contributed by atoms with Gasteiger partial charge in [0, 0.05) is 13.2 Å². The molecule has 3 fully saturated rings. The molecule has 0 bridgehead atoms. The minimum atomic E-state index is -4.15. The second-order valence-corrected chi connectivity index (χ2v) is 20.2. The first-order valence-electron chi connectivity index (χ1n) is 12.4. The Balaban J connectivity index is 1.43. The maximum Gasteiger partial charge on any atom is 0.391 e. The van der Waals surface area contributed by atoms with Crippen LogP contribution >= 0.6 is 0 Å². The SMILES string of the molecule is C[SiH]1O[Si](C)(CCCOCCC(F)(F)F)CCCCO[Si](C)(CCC2CCC3OC3C2)O1. The quantitative estimate of drug-likeness (QED) is 0.226. The molecule has 0 spiro atoms. The van der Waals surface area contributed by atoms with E-state index in [2.05, 4.69) is 19.6 Å². The molecular formula is C21H41F3O5Si3. The lowest BCUT2D eigenvalue weighted by molar-refractivity contribution is -0.145. The first kappa shape index (κ1) is 26.8. The summed E-state index contributed by atoms with van der Waals surface area (Å²) in [5, 5.41) is 0. The average Bonchev–Trinajstić information content (AvgIpc) is 3.46. The van der Waals surface area contributed by atoms with Gasteiger partial charge in [0.15, 0.2) is 8.32 Å². The van der Waals surface area contributed by atoms with Crippen LogP contribution in [0.2, 0.25) is 37.8 Å². The highest BCUT2D eigenvalue weighted by molar-refractivity contribution is 6.81. The van der Waals surface area contributed by atoms with Gasteiger partial charge in [-0.1, -0.05) is 6.42 Å². The summed E-state index contributed by atoms with van der Waals surface area (Å²) in [6.07, 6.45) is 3.65. The summed E-state index contributed by atoms with van der Waals surface area (Å²) in [5.41, 5.74) is 0. The Kier molecular flexibility index (Phi) is 9.88. The Morgan fingerprint density at radius 3 is 2.59 bits per heavy atom. The lowest BCUT2D eigenvalue weighted by Crippen LogP contribution is -2.49. The van der Waals surface area contributed by atoms with Gasteiger partial charge in [-0.2, -0.15) is 13.2 Å². The summed E-state index contributed by atoms with van der Waals surface area (Å²) >= 11 is 0. The number of epoxide rings is 1. The van der Waals surface area contributed by atoms with Crippen molar-refractivity contribution in [3.63, 3.8) is 0 Å². The minimum Gasteiger partial charge on any atom is -0.438 e. The molecule has 0 aromatic rings. The van der Waals surface area contributed by atoms with E-state index in [4.69, 9.17) is 22.1 Å². The third-order valence-corrected chi connectivity index (χ3v) is 18.8. The summed E-state index contributed by atoms with van der Waals surface area (Å²) in [4.78, 5) is 0. The number of rotatable bonds is 9. The van der Waals surface area contributed by atoms with Crippen LogP contribution in [0.5, 0.6) is 0 Å². The van der Waals surface area contributed by atoms with Crippen molar-refractivity contribution in [1.82, 2.24) is 0 Å². The summed E-state index contributed by atoms with van der Waals surface area (Å²) in [6, 6.07) is 2.97. The molecule has 32 heavy (non-hydrogen) atoms. The van der Waals surface area contributed by atoms with E-state index in [0.717, 1.165) is 56.3 Å². The highest BCUT2D eigenvalue weighted by Gasteiger charge is 2.45. The lowest BCUT2D eigenvalue weighted by Gasteiger charge is -2.37. The first-order valence-corrected chi connectivity index (χ1v) is 19.8. The van der Waals surface area contributed by atoms with E-state index < -0.39 is 38.8 Å². The van der Waals surface area contributed by atoms with E-state index in [1.807, 2.05) is 0 Å². The fourth-order valence-corrected chi connectivity index (χ4v) is 17.2. The van der Waals surface area contributed by atoms with Gasteiger partial charge in [-0.05, 0) is 82.2 Å². The van der Waals surface area contributed by atoms with E-state index >= 15 is 0 Å². The molecule has 2 saturated heterocycles. The topological polar surface area (TPSA) is 49.5 Å². The van der Waals surface area contributed by atoms with Crippen molar-refractivity contribution in [3.8, 4) is 0 Å². The van der Waals surface area contributed by atoms with Gasteiger partial charge >= 0.3 is 14.7 Å². The van der Waals surface area contributed by atoms with Crippen LogP contribution in [0.25, 0.3) is 0 Å². The number of fused-ring (bicyclic) bond motifs is 1. The Hall–Kier alpha value is 0.241. The van der Waals surface area contributed by atoms with Crippen LogP contribution in [-0.2, 0) is 22.1 Å². The number of hydrogen-bond donors (Lipinski definition) is 0. The van der Waals surface area contributed by atoms with Gasteiger partial charge in [0.25, 0.3) is 9.28 Å². The second-order valence-electron chi connectivity index (χ2n) is 10.2. The number of hydrogen-bond acceptors (Lipinski definition) is 5. The lowest BCUT2D eigenvalue weighted by atomic mass is 9.88. The van der Waals surface area contributed by atoms with Crippen molar-refractivity contribution in [2.75, 3.05) is 19.8 Å². The van der Waals surface area contributed by atoms with Crippen LogP contribution in [0.1, 0.15) is 51.4 Å². The molecule has 2 heterocycles. The number of alkyl halides is 3. The summed E-state index contributed by atoms with van der Waals surface area (Å²) < 4.78 is 67.2. The molecule has 0 radical (unpaired) electrons. The maximum atomic E-state index is 12.2. The fourth-order valence-electron chi connectivity index (χ4n) is 5.13. The van der Waals surface area contributed by atoms with Crippen molar-refractivity contribution in [2.24, 2.45) is 5.92 Å². The van der Waals surface area contributed by atoms with Crippen LogP contribution in [0, 0.1) is 5.92 Å². The number of ether oxygens (including phenoxy) is 2. The number of halogens is 3. The van der Waals surface area contributed by atoms with Crippen LogP contribution in [0.15, 0.2) is 0 Å². The van der Waals surface area contributed by atoms with Crippen molar-refractivity contribution in [1.29, 1.82) is 0 Å². The molecule has 5 nitrogen and oxygen atoms in total. The summed E-state index contributed by atoms with van der Waals surface area (Å²) in [6.45, 7) is 7.44. The molecule has 3 rings (SSSR count). The second kappa shape index (κ2) is 11.8. The van der Waals surface area contributed by atoms with Crippen LogP contribution < -0.4 is 0 Å². The minimum absolute atomic E-state index is 0.257. The molecule has 1 saturated carbocycles. The Labute approximate surface area is 194 Å². The standard InChI is InChI=1S/C21H41F3O5Si3/c1-30-28-31(2,15-6-11-25-13-10-21(22,23)24)14-5-4-12-26-32(3,29-30)16-9-18-7-8-19-20(17-18)27-19/h18-20,30H,4-17H2,1-3H3. The summed E-state index contributed by atoms with van der Waals surface area (Å²) in [7, 11) is -6.09. The average molecular weight is 515 g/mol. The van der Waals surface area contributed by atoms with E-state index in [1.54, 1.807) is 0 Å². The first-order chi connectivity index (χ1) is 15.1. The molecule has 0 amide bonds. The molecule has 6 unspecified atom stereocenters. The normalized spacial score (nSPS) is 38.8. The predicted octanol–water partition coefficient (Wildman–Crippen LogP) is 5.64. The highest BCUT2D eigenvalue weighted by atomic mass is 28.5. The van der Waals surface area contributed by atoms with Crippen molar-refractivity contribution >= 4 is 26.2 Å². The molecule has 11 heteroatoms. The van der Waals surface area contributed by atoms with Crippen LogP contribution in [0.3, 0.4) is 0 Å². The molecule has 2 aliphatic heterocycles. The zero-order chi connectivity index (χ0) is 23.2. The zero-order valence-corrected chi connectivity index (χ0v) is 23.0. The van der Waals surface area contributed by atoms with Gasteiger partial charge in [0.2, 0.25) is 0 Å². The third-order valence-electron chi connectivity index (χ3n) is 7.02. The predicted molar refractivity (Wildman–Crippen MR) is 125 cm³/mol. The molecule has 6 atom stereocenters. The van der Waals surface area contributed by atoms with Gasteiger partial charge in [-0.15, -0.1) is 0 Å². The molecule has 188 valence electrons. The van der Waals surface area contributed by atoms with E-state index in [-0.39, 0.29) is 6.61 Å². The Bertz CT molecular complexity index is 587. The van der Waals surface area contributed by atoms with Crippen molar-refractivity contribution in [2.45, 2.75) is 108 Å². The van der Waals surface area contributed by atoms with E-state index in [1.165, 1.54) is 19.3 Å². The van der Waals surface area contributed by atoms with E-state index in [0.29, 0.717) is 18.8 Å². The highest BCUT2D eigenvalue weighted by Crippen LogP contribution is 2.42. The van der Waals surface area contributed by atoms with Crippen LogP contribution in [-0.4, -0.2) is 64.4 Å². The molecule has 0 aromatic carbocycles. The summed E-state index contributed by atoms with van der Waals surface area (Å²) in [5.74, 6) is 0.723.